The fourth-order valence-electron chi connectivity index (χ4n) is 0. The summed E-state index contributed by atoms with van der Waals surface area (Å²) < 4.78 is 0. The van der Waals surface area contributed by atoms with Crippen molar-refractivity contribution < 1.29 is 74.9 Å². The van der Waals surface area contributed by atoms with E-state index in [-0.39, 0.29) is 74.9 Å². The fourth-order valence-corrected chi connectivity index (χ4v) is 0. The zero-order chi connectivity index (χ0) is 0. The van der Waals surface area contributed by atoms with Crippen molar-refractivity contribution in [3.05, 3.63) is 0 Å². The zero-order valence-corrected chi connectivity index (χ0v) is 7.42. The Kier molecular flexibility index (Phi) is 1400. The van der Waals surface area contributed by atoms with Crippen molar-refractivity contribution in [3.63, 3.8) is 0 Å². The van der Waals surface area contributed by atoms with Gasteiger partial charge in [-0.25, -0.2) is 0 Å². The van der Waals surface area contributed by atoms with Gasteiger partial charge in [0.15, 0.2) is 0 Å². The molecule has 0 aromatic carbocycles. The topological polar surface area (TPSA) is 94.5 Å². The van der Waals surface area contributed by atoms with Gasteiger partial charge in [-0.05, 0) is 0 Å². The summed E-state index contributed by atoms with van der Waals surface area (Å²) in [6.45, 7) is 0. The summed E-state index contributed by atoms with van der Waals surface area (Å²) >= 11 is 0. The van der Waals surface area contributed by atoms with Crippen molar-refractivity contribution in [1.82, 2.24) is 0 Å². The summed E-state index contributed by atoms with van der Waals surface area (Å²) in [4.78, 5) is 0. The molecule has 0 atom stereocenters. The van der Waals surface area contributed by atoms with E-state index in [0.717, 1.165) is 0 Å². The Balaban J connectivity index is 0. The van der Waals surface area contributed by atoms with E-state index in [9.17, 15) is 0 Å². The molecule has 6 N–H and O–H groups in total. The average molecular weight is 363 g/mol. The Bertz CT molecular complexity index is 6.00. The van der Waals surface area contributed by atoms with Crippen LogP contribution in [0.4, 0.5) is 0 Å². The maximum Gasteiger partial charge on any atom is 0 e. The molecule has 0 aliphatic rings. The summed E-state index contributed by atoms with van der Waals surface area (Å²) in [5, 5.41) is 0. The summed E-state index contributed by atoms with van der Waals surface area (Å²) in [6.07, 6.45) is 0. The van der Waals surface area contributed by atoms with Crippen molar-refractivity contribution >= 4 is 0 Å². The summed E-state index contributed by atoms with van der Waals surface area (Å²) in [7, 11) is 0. The molecule has 0 fully saturated rings. The first kappa shape index (κ1) is 115. The van der Waals surface area contributed by atoms with Crippen LogP contribution in [-0.4, -0.2) is 16.4 Å². The molecule has 0 amide bonds. The van der Waals surface area contributed by atoms with Gasteiger partial charge < -0.3 is 16.4 Å². The minimum atomic E-state index is 0. The Morgan fingerprint density at radius 1 is 0.333 bits per heavy atom. The van der Waals surface area contributed by atoms with E-state index in [1.165, 1.54) is 0 Å². The molecule has 0 spiro atoms. The molecule has 0 heterocycles. The van der Waals surface area contributed by atoms with Gasteiger partial charge in [-0.1, -0.05) is 0 Å². The van der Waals surface area contributed by atoms with E-state index >= 15 is 0 Å². The van der Waals surface area contributed by atoms with Crippen LogP contribution in [0.2, 0.25) is 0 Å². The van der Waals surface area contributed by atoms with Gasteiger partial charge in [-0.2, -0.15) is 0 Å². The molecule has 3 nitrogen and oxygen atoms in total. The maximum atomic E-state index is 0. The van der Waals surface area contributed by atoms with Gasteiger partial charge in [0.05, 0.1) is 0 Å². The molecule has 0 unspecified atom stereocenters. The Hall–Kier alpha value is 1.75. The minimum absolute atomic E-state index is 0. The van der Waals surface area contributed by atoms with Gasteiger partial charge in [-0.3, -0.25) is 0 Å². The SMILES string of the molecule is O.O.O.[Rh].[Rh].[Rh]. The predicted molar refractivity (Wildman–Crippen MR) is 10.8 cm³/mol. The molecule has 0 aromatic rings. The summed E-state index contributed by atoms with van der Waals surface area (Å²) in [5.41, 5.74) is 0. The van der Waals surface area contributed by atoms with Crippen molar-refractivity contribution in [3.8, 4) is 0 Å². The summed E-state index contributed by atoms with van der Waals surface area (Å²) in [6, 6.07) is 0. The molecule has 6 heavy (non-hydrogen) atoms. The van der Waals surface area contributed by atoms with E-state index in [1.807, 2.05) is 0 Å². The normalized spacial score (nSPS) is 0. The Morgan fingerprint density at radius 3 is 0.333 bits per heavy atom. The smallest absolute Gasteiger partial charge is 0 e. The second-order valence-electron chi connectivity index (χ2n) is 0. The monoisotopic (exact) mass is 363 g/mol. The Morgan fingerprint density at radius 2 is 0.333 bits per heavy atom. The van der Waals surface area contributed by atoms with E-state index in [0.29, 0.717) is 0 Å². The first-order valence-electron chi connectivity index (χ1n) is 0. The van der Waals surface area contributed by atoms with Crippen LogP contribution < -0.4 is 0 Å². The first-order chi connectivity index (χ1) is 0. The fraction of sp³-hybridized carbons (Fsp3) is 0. The number of rotatable bonds is 0. The quantitative estimate of drug-likeness (QED) is 0.427. The van der Waals surface area contributed by atoms with Gasteiger partial charge >= 0.3 is 0 Å². The molecule has 0 aromatic heterocycles. The van der Waals surface area contributed by atoms with Gasteiger partial charge in [0.2, 0.25) is 0 Å². The first-order valence-corrected chi connectivity index (χ1v) is 0. The molecule has 3 radical (unpaired) electrons. The molecule has 0 saturated carbocycles. The van der Waals surface area contributed by atoms with Crippen LogP contribution in [0.3, 0.4) is 0 Å². The third kappa shape index (κ3) is 42.4. The van der Waals surface area contributed by atoms with Crippen LogP contribution in [0.5, 0.6) is 0 Å². The second kappa shape index (κ2) is 72.9. The molecule has 0 rings (SSSR count). The molecule has 0 aliphatic carbocycles. The van der Waals surface area contributed by atoms with Crippen LogP contribution in [0, 0.1) is 0 Å². The molecular weight excluding hydrogens is 357 g/mol. The molecule has 51 valence electrons. The van der Waals surface area contributed by atoms with E-state index < -0.39 is 0 Å². The van der Waals surface area contributed by atoms with Crippen LogP contribution >= 0.6 is 0 Å². The van der Waals surface area contributed by atoms with Crippen molar-refractivity contribution in [1.29, 1.82) is 0 Å². The van der Waals surface area contributed by atoms with E-state index in [4.69, 9.17) is 0 Å². The zero-order valence-electron chi connectivity index (χ0n) is 2.50. The minimum Gasteiger partial charge on any atom is -0.412 e. The standard InChI is InChI=1S/3H2O.3Rh/h3*1H2;;;. The molecule has 0 aliphatic heterocycles. The van der Waals surface area contributed by atoms with Crippen molar-refractivity contribution in [2.24, 2.45) is 0 Å². The third-order valence-electron chi connectivity index (χ3n) is 0. The van der Waals surface area contributed by atoms with Gasteiger partial charge in [-0.15, -0.1) is 0 Å². The van der Waals surface area contributed by atoms with E-state index in [1.54, 1.807) is 0 Å². The third-order valence-corrected chi connectivity index (χ3v) is 0. The predicted octanol–water partition coefficient (Wildman–Crippen LogP) is -2.48. The van der Waals surface area contributed by atoms with Gasteiger partial charge in [0.1, 0.15) is 0 Å². The maximum absolute atomic E-state index is 0. The molecule has 6 heteroatoms. The molecular formula is H6O3Rh3. The largest absolute Gasteiger partial charge is 0.412 e. The average Bonchev–Trinajstić information content (AvgIpc) is 0. The summed E-state index contributed by atoms with van der Waals surface area (Å²) in [5.74, 6) is 0. The van der Waals surface area contributed by atoms with Crippen LogP contribution in [0.1, 0.15) is 0 Å². The molecule has 0 bridgehead atoms. The van der Waals surface area contributed by atoms with E-state index in [2.05, 4.69) is 0 Å². The second-order valence-corrected chi connectivity index (χ2v) is 0. The van der Waals surface area contributed by atoms with Crippen LogP contribution in [0.25, 0.3) is 0 Å². The molecule has 0 saturated heterocycles. The van der Waals surface area contributed by atoms with Crippen molar-refractivity contribution in [2.45, 2.75) is 0 Å². The van der Waals surface area contributed by atoms with Crippen LogP contribution in [-0.2, 0) is 58.4 Å². The van der Waals surface area contributed by atoms with Gasteiger partial charge in [0.25, 0.3) is 0 Å². The number of hydrogen-bond acceptors (Lipinski definition) is 0. The van der Waals surface area contributed by atoms with Gasteiger partial charge in [0, 0.05) is 58.4 Å². The number of hydrogen-bond donors (Lipinski definition) is 0. The van der Waals surface area contributed by atoms with Crippen molar-refractivity contribution in [2.75, 3.05) is 0 Å². The van der Waals surface area contributed by atoms with Crippen LogP contribution in [0.15, 0.2) is 0 Å². The Labute approximate surface area is 74.5 Å².